The zero-order valence-electron chi connectivity index (χ0n) is 11.3. The molecule has 1 aliphatic carbocycles. The molecule has 3 aromatic rings. The van der Waals surface area contributed by atoms with Gasteiger partial charge in [0, 0.05) is 17.0 Å². The maximum atomic E-state index is 4.62. The van der Waals surface area contributed by atoms with E-state index in [1.165, 1.54) is 29.4 Å². The van der Waals surface area contributed by atoms with Crippen molar-refractivity contribution in [3.8, 4) is 11.1 Å². The fourth-order valence-corrected chi connectivity index (χ4v) is 3.40. The minimum Gasteiger partial charge on any atom is -0.367 e. The Labute approximate surface area is 121 Å². The Kier molecular flexibility index (Phi) is 2.70. The van der Waals surface area contributed by atoms with E-state index in [1.54, 1.807) is 11.3 Å². The first-order valence-corrected chi connectivity index (χ1v) is 7.77. The Morgan fingerprint density at radius 3 is 2.70 bits per heavy atom. The topological polar surface area (TPSA) is 37.8 Å². The number of anilines is 1. The molecule has 0 atom stereocenters. The van der Waals surface area contributed by atoms with Gasteiger partial charge < -0.3 is 5.32 Å². The molecule has 1 aliphatic rings. The zero-order chi connectivity index (χ0) is 13.5. The van der Waals surface area contributed by atoms with E-state index in [0.29, 0.717) is 6.04 Å². The summed E-state index contributed by atoms with van der Waals surface area (Å²) >= 11 is 1.69. The Bertz CT molecular complexity index is 760. The number of aryl methyl sites for hydroxylation is 1. The van der Waals surface area contributed by atoms with Crippen molar-refractivity contribution in [1.29, 1.82) is 0 Å². The van der Waals surface area contributed by atoms with Gasteiger partial charge in [-0.2, -0.15) is 0 Å². The quantitative estimate of drug-likeness (QED) is 0.780. The maximum Gasteiger partial charge on any atom is 0.139 e. The monoisotopic (exact) mass is 281 g/mol. The van der Waals surface area contributed by atoms with Gasteiger partial charge in [0.2, 0.25) is 0 Å². The van der Waals surface area contributed by atoms with Crippen LogP contribution in [0, 0.1) is 6.92 Å². The highest BCUT2D eigenvalue weighted by atomic mass is 32.1. The molecule has 1 aromatic carbocycles. The summed E-state index contributed by atoms with van der Waals surface area (Å²) in [5.74, 6) is 1.83. The molecule has 0 radical (unpaired) electrons. The van der Waals surface area contributed by atoms with Gasteiger partial charge >= 0.3 is 0 Å². The smallest absolute Gasteiger partial charge is 0.139 e. The molecule has 1 fully saturated rings. The van der Waals surface area contributed by atoms with E-state index in [9.17, 15) is 0 Å². The Morgan fingerprint density at radius 1 is 1.15 bits per heavy atom. The second-order valence-corrected chi connectivity index (χ2v) is 6.09. The second kappa shape index (κ2) is 4.56. The van der Waals surface area contributed by atoms with Crippen molar-refractivity contribution in [3.05, 3.63) is 41.5 Å². The van der Waals surface area contributed by atoms with Gasteiger partial charge in [0.15, 0.2) is 0 Å². The molecule has 0 spiro atoms. The Morgan fingerprint density at radius 2 is 1.95 bits per heavy atom. The molecule has 2 heterocycles. The highest BCUT2D eigenvalue weighted by molar-refractivity contribution is 7.17. The van der Waals surface area contributed by atoms with Gasteiger partial charge in [-0.25, -0.2) is 9.97 Å². The number of hydrogen-bond acceptors (Lipinski definition) is 4. The van der Waals surface area contributed by atoms with E-state index in [4.69, 9.17) is 0 Å². The molecule has 3 nitrogen and oxygen atoms in total. The largest absolute Gasteiger partial charge is 0.367 e. The van der Waals surface area contributed by atoms with E-state index >= 15 is 0 Å². The number of hydrogen-bond donors (Lipinski definition) is 1. The van der Waals surface area contributed by atoms with Crippen molar-refractivity contribution < 1.29 is 0 Å². The van der Waals surface area contributed by atoms with Crippen LogP contribution in [0.2, 0.25) is 0 Å². The highest BCUT2D eigenvalue weighted by Gasteiger charge is 2.24. The van der Waals surface area contributed by atoms with Crippen LogP contribution in [0.4, 0.5) is 5.82 Å². The van der Waals surface area contributed by atoms with Gasteiger partial charge in [-0.1, -0.05) is 30.3 Å². The predicted molar refractivity (Wildman–Crippen MR) is 84.2 cm³/mol. The van der Waals surface area contributed by atoms with Crippen molar-refractivity contribution in [2.45, 2.75) is 25.8 Å². The molecule has 1 saturated carbocycles. The lowest BCUT2D eigenvalue weighted by molar-refractivity contribution is 1.06. The molecule has 2 aromatic heterocycles. The lowest BCUT2D eigenvalue weighted by atomic mass is 10.1. The number of rotatable bonds is 3. The van der Waals surface area contributed by atoms with Crippen LogP contribution in [-0.4, -0.2) is 16.0 Å². The van der Waals surface area contributed by atoms with Crippen LogP contribution in [0.1, 0.15) is 18.7 Å². The summed E-state index contributed by atoms with van der Waals surface area (Å²) in [5.41, 5.74) is 2.46. The number of nitrogens with zero attached hydrogens (tertiary/aromatic N) is 2. The van der Waals surface area contributed by atoms with Gasteiger partial charge in [0.1, 0.15) is 16.5 Å². The molecular weight excluding hydrogens is 266 g/mol. The molecule has 4 rings (SSSR count). The first-order chi connectivity index (χ1) is 9.81. The molecule has 0 amide bonds. The number of benzene rings is 1. The number of aromatic nitrogens is 2. The first-order valence-electron chi connectivity index (χ1n) is 6.89. The summed E-state index contributed by atoms with van der Waals surface area (Å²) in [7, 11) is 0. The van der Waals surface area contributed by atoms with Crippen molar-refractivity contribution in [2.75, 3.05) is 5.32 Å². The molecule has 1 N–H and O–H groups in total. The summed E-state index contributed by atoms with van der Waals surface area (Å²) in [6.07, 6.45) is 2.49. The number of nitrogens with one attached hydrogen (secondary N) is 1. The van der Waals surface area contributed by atoms with E-state index in [2.05, 4.69) is 44.9 Å². The Balaban J connectivity index is 1.93. The zero-order valence-corrected chi connectivity index (χ0v) is 12.1. The van der Waals surface area contributed by atoms with Gasteiger partial charge in [0.05, 0.1) is 5.39 Å². The van der Waals surface area contributed by atoms with E-state index in [1.807, 2.05) is 13.0 Å². The Hall–Kier alpha value is -1.94. The van der Waals surface area contributed by atoms with Crippen LogP contribution in [-0.2, 0) is 0 Å². The average molecular weight is 281 g/mol. The van der Waals surface area contributed by atoms with Crippen LogP contribution in [0.3, 0.4) is 0 Å². The third-order valence-corrected chi connectivity index (χ3v) is 4.42. The van der Waals surface area contributed by atoms with Crippen molar-refractivity contribution in [3.63, 3.8) is 0 Å². The lowest BCUT2D eigenvalue weighted by Gasteiger charge is -2.08. The first kappa shape index (κ1) is 11.9. The van der Waals surface area contributed by atoms with E-state index < -0.39 is 0 Å². The normalized spacial score (nSPS) is 14.7. The summed E-state index contributed by atoms with van der Waals surface area (Å²) in [5, 5.41) is 6.90. The minimum absolute atomic E-state index is 0.594. The SMILES string of the molecule is Cc1nc(NC2CC2)c2c(-c3ccccc3)csc2n1. The predicted octanol–water partition coefficient (Wildman–Crippen LogP) is 4.24. The van der Waals surface area contributed by atoms with Gasteiger partial charge in [-0.15, -0.1) is 11.3 Å². The summed E-state index contributed by atoms with van der Waals surface area (Å²) in [4.78, 5) is 10.3. The third kappa shape index (κ3) is 2.06. The molecule has 4 heteroatoms. The van der Waals surface area contributed by atoms with E-state index in [0.717, 1.165) is 16.5 Å². The molecule has 0 saturated heterocycles. The fraction of sp³-hybridized carbons (Fsp3) is 0.250. The van der Waals surface area contributed by atoms with Crippen LogP contribution in [0.5, 0.6) is 0 Å². The number of fused-ring (bicyclic) bond motifs is 1. The minimum atomic E-state index is 0.594. The summed E-state index contributed by atoms with van der Waals surface area (Å²) in [6, 6.07) is 11.1. The van der Waals surface area contributed by atoms with Crippen LogP contribution >= 0.6 is 11.3 Å². The summed E-state index contributed by atoms with van der Waals surface area (Å²) in [6.45, 7) is 1.96. The van der Waals surface area contributed by atoms with Gasteiger partial charge in [-0.3, -0.25) is 0 Å². The van der Waals surface area contributed by atoms with E-state index in [-0.39, 0.29) is 0 Å². The van der Waals surface area contributed by atoms with Crippen molar-refractivity contribution >= 4 is 27.4 Å². The molecule has 100 valence electrons. The molecule has 0 aliphatic heterocycles. The maximum absolute atomic E-state index is 4.62. The van der Waals surface area contributed by atoms with Crippen LogP contribution in [0.25, 0.3) is 21.3 Å². The second-order valence-electron chi connectivity index (χ2n) is 5.23. The molecule has 0 bridgehead atoms. The van der Waals surface area contributed by atoms with Crippen LogP contribution in [0.15, 0.2) is 35.7 Å². The van der Waals surface area contributed by atoms with Crippen molar-refractivity contribution in [2.24, 2.45) is 0 Å². The number of thiophene rings is 1. The molecule has 20 heavy (non-hydrogen) atoms. The molecular formula is C16H15N3S. The van der Waals surface area contributed by atoms with Crippen LogP contribution < -0.4 is 5.32 Å². The van der Waals surface area contributed by atoms with Crippen molar-refractivity contribution in [1.82, 2.24) is 9.97 Å². The fourth-order valence-electron chi connectivity index (χ4n) is 2.40. The average Bonchev–Trinajstić information content (AvgIpc) is 3.16. The molecule has 0 unspecified atom stereocenters. The standard InChI is InChI=1S/C16H15N3S/c1-10-17-15(19-12-7-8-12)14-13(9-20-16(14)18-10)11-5-3-2-4-6-11/h2-6,9,12H,7-8H2,1H3,(H,17,18,19). The highest BCUT2D eigenvalue weighted by Crippen LogP contribution is 2.38. The van der Waals surface area contributed by atoms with Gasteiger partial charge in [0.25, 0.3) is 0 Å². The lowest BCUT2D eigenvalue weighted by Crippen LogP contribution is -2.05. The summed E-state index contributed by atoms with van der Waals surface area (Å²) < 4.78 is 0. The third-order valence-electron chi connectivity index (χ3n) is 3.55. The van der Waals surface area contributed by atoms with Gasteiger partial charge in [-0.05, 0) is 25.3 Å².